The van der Waals surface area contributed by atoms with E-state index in [2.05, 4.69) is 0 Å². The molecule has 0 saturated carbocycles. The van der Waals surface area contributed by atoms with E-state index in [1.54, 1.807) is 0 Å². The topological polar surface area (TPSA) is 164 Å². The Morgan fingerprint density at radius 1 is 1.08 bits per heavy atom. The van der Waals surface area contributed by atoms with Gasteiger partial charge in [0.05, 0.1) is 0 Å². The first-order valence-corrected chi connectivity index (χ1v) is 4.24. The molecule has 0 aliphatic heterocycles. The molecule has 0 bridgehead atoms. The van der Waals surface area contributed by atoms with Gasteiger partial charge in [0.15, 0.2) is 0 Å². The van der Waals surface area contributed by atoms with E-state index >= 15 is 0 Å². The Bertz CT molecular complexity index is 195. The summed E-state index contributed by atoms with van der Waals surface area (Å²) < 4.78 is 41.4. The first-order chi connectivity index (χ1) is 4.00. The molecule has 8 nitrogen and oxygen atoms in total. The summed E-state index contributed by atoms with van der Waals surface area (Å²) in [5.74, 6) is 0. The summed E-state index contributed by atoms with van der Waals surface area (Å²) in [6.45, 7) is 0. The monoisotopic (exact) mass is 272 g/mol. The van der Waals surface area contributed by atoms with Gasteiger partial charge in [-0.1, -0.05) is 0 Å². The Hall–Kier alpha value is 2.50. The van der Waals surface area contributed by atoms with Crippen LogP contribution in [0.2, 0.25) is 0 Å². The van der Waals surface area contributed by atoms with E-state index in [0.29, 0.717) is 0 Å². The Labute approximate surface area is 128 Å². The van der Waals surface area contributed by atoms with Crippen molar-refractivity contribution in [1.29, 1.82) is 0 Å². The van der Waals surface area contributed by atoms with Crippen LogP contribution in [0.25, 0.3) is 0 Å². The molecule has 0 heterocycles. The van der Waals surface area contributed by atoms with E-state index in [0.717, 1.165) is 0 Å². The first-order valence-electron chi connectivity index (χ1n) is 1.41. The van der Waals surface area contributed by atoms with Crippen LogP contribution >= 0.6 is 7.82 Å². The molecule has 1 N–H and O–H groups in total. The SMILES string of the molecule is O=P([O-])([O-])[O-].O=S(=O)([O-])O.[Ca+2].[Ca+2]. The maximum absolute atomic E-state index is 8.63. The molecule has 0 unspecified atom stereocenters. The van der Waals surface area contributed by atoms with Crippen LogP contribution in [0.1, 0.15) is 0 Å². The van der Waals surface area contributed by atoms with Crippen LogP contribution in [0.15, 0.2) is 0 Å². The number of rotatable bonds is 0. The average Bonchev–Trinajstić information content (AvgIpc) is 1.12. The molecule has 0 aromatic heterocycles. The fraction of sp³-hybridized carbons (Fsp3) is 0. The maximum atomic E-state index is 8.63. The van der Waals surface area contributed by atoms with E-state index < -0.39 is 18.2 Å². The minimum atomic E-state index is -5.39. The molecular weight excluding hydrogens is 271 g/mol. The largest absolute Gasteiger partial charge is 2.00 e. The third-order valence-electron chi connectivity index (χ3n) is 0. The summed E-state index contributed by atoms with van der Waals surface area (Å²) >= 11 is 0. The maximum Gasteiger partial charge on any atom is 2.00 e. The molecule has 0 atom stereocenters. The zero-order chi connectivity index (χ0) is 9.00. The predicted molar refractivity (Wildman–Crippen MR) is 31.4 cm³/mol. The van der Waals surface area contributed by atoms with Crippen molar-refractivity contribution >= 4 is 93.7 Å². The smallest absolute Gasteiger partial charge is 0.822 e. The van der Waals surface area contributed by atoms with Gasteiger partial charge in [0, 0.05) is 0 Å². The van der Waals surface area contributed by atoms with E-state index in [1.165, 1.54) is 0 Å². The zero-order valence-corrected chi connectivity index (χ0v) is 11.7. The minimum absolute atomic E-state index is 0. The van der Waals surface area contributed by atoms with Crippen LogP contribution in [-0.2, 0) is 15.0 Å². The summed E-state index contributed by atoms with van der Waals surface area (Å²) in [7, 11) is -10.3. The van der Waals surface area contributed by atoms with Gasteiger partial charge in [0.2, 0.25) is 10.4 Å². The summed E-state index contributed by atoms with van der Waals surface area (Å²) in [4.78, 5) is 25.6. The number of hydrogen-bond acceptors (Lipinski definition) is 7. The second-order valence-electron chi connectivity index (χ2n) is 0.875. The molecule has 0 spiro atoms. The third-order valence-corrected chi connectivity index (χ3v) is 0. The van der Waals surface area contributed by atoms with Gasteiger partial charge in [-0.15, -0.1) is 0 Å². The second kappa shape index (κ2) is 10.0. The molecule has 0 amide bonds. The molecule has 0 radical (unpaired) electrons. The van der Waals surface area contributed by atoms with Crippen LogP contribution < -0.4 is 14.7 Å². The standard InChI is InChI=1S/2Ca.H3O4P.H2O4S/c;;2*1-5(2,3)4/h;;(H3,1,2,3,4);(H2,1,2,3,4)/q2*+2;;/p-4. The second-order valence-corrected chi connectivity index (χ2v) is 2.62. The molecule has 12 heteroatoms. The predicted octanol–water partition coefficient (Wildman–Crippen LogP) is -4.58. The quantitative estimate of drug-likeness (QED) is 0.199. The van der Waals surface area contributed by atoms with E-state index in [-0.39, 0.29) is 75.5 Å². The molecule has 0 aromatic rings. The van der Waals surface area contributed by atoms with Gasteiger partial charge in [-0.05, 0) is 0 Å². The van der Waals surface area contributed by atoms with E-state index in [9.17, 15) is 0 Å². The molecule has 0 fully saturated rings. The third kappa shape index (κ3) is 265. The van der Waals surface area contributed by atoms with Gasteiger partial charge < -0.3 is 23.8 Å². The van der Waals surface area contributed by atoms with Gasteiger partial charge >= 0.3 is 75.5 Å². The normalized spacial score (nSPS) is 9.75. The van der Waals surface area contributed by atoms with Crippen molar-refractivity contribution in [2.24, 2.45) is 0 Å². The van der Waals surface area contributed by atoms with Crippen molar-refractivity contribution in [1.82, 2.24) is 0 Å². The minimum Gasteiger partial charge on any atom is -0.822 e. The van der Waals surface area contributed by atoms with Crippen molar-refractivity contribution in [2.45, 2.75) is 0 Å². The van der Waals surface area contributed by atoms with Gasteiger partial charge in [-0.3, -0.25) is 4.55 Å². The van der Waals surface area contributed by atoms with Crippen molar-refractivity contribution in [2.75, 3.05) is 0 Å². The zero-order valence-electron chi connectivity index (χ0n) is 5.57. The van der Waals surface area contributed by atoms with Crippen molar-refractivity contribution in [3.8, 4) is 0 Å². The average molecular weight is 272 g/mol. The van der Waals surface area contributed by atoms with Crippen molar-refractivity contribution in [3.63, 3.8) is 0 Å². The van der Waals surface area contributed by atoms with Crippen LogP contribution in [0.3, 0.4) is 0 Å². The number of hydrogen-bond donors (Lipinski definition) is 1. The fourth-order valence-corrected chi connectivity index (χ4v) is 0. The van der Waals surface area contributed by atoms with Crippen LogP contribution in [0.5, 0.6) is 0 Å². The van der Waals surface area contributed by atoms with Crippen molar-refractivity contribution in [3.05, 3.63) is 0 Å². The van der Waals surface area contributed by atoms with Gasteiger partial charge in [0.1, 0.15) is 0 Å². The molecule has 64 valence electrons. The Morgan fingerprint density at radius 3 is 1.08 bits per heavy atom. The molecule has 0 saturated heterocycles. The van der Waals surface area contributed by atoms with Crippen molar-refractivity contribution < 1.29 is 36.8 Å². The number of phosphoric acid groups is 1. The Kier molecular flexibility index (Phi) is 20.0. The fourth-order valence-electron chi connectivity index (χ4n) is 0. The molecule has 0 aliphatic carbocycles. The van der Waals surface area contributed by atoms with Gasteiger partial charge in [-0.25, -0.2) is 8.42 Å². The first kappa shape index (κ1) is 24.0. The van der Waals surface area contributed by atoms with Crippen LogP contribution in [0, 0.1) is 0 Å². The Morgan fingerprint density at radius 2 is 1.08 bits per heavy atom. The summed E-state index contributed by atoms with van der Waals surface area (Å²) in [6, 6.07) is 0. The van der Waals surface area contributed by atoms with Gasteiger partial charge in [-0.2, -0.15) is 7.82 Å². The summed E-state index contributed by atoms with van der Waals surface area (Å²) in [6.07, 6.45) is 0. The summed E-state index contributed by atoms with van der Waals surface area (Å²) in [5.41, 5.74) is 0. The van der Waals surface area contributed by atoms with E-state index in [4.69, 9.17) is 36.8 Å². The molecule has 0 aliphatic rings. The van der Waals surface area contributed by atoms with Crippen LogP contribution in [0.4, 0.5) is 0 Å². The molecule has 12 heavy (non-hydrogen) atoms. The molecular formula is HCa2O8PS. The van der Waals surface area contributed by atoms with Gasteiger partial charge in [0.25, 0.3) is 0 Å². The molecule has 0 aromatic carbocycles. The summed E-state index contributed by atoms with van der Waals surface area (Å²) in [5, 5.41) is 0. The molecule has 0 rings (SSSR count). The van der Waals surface area contributed by atoms with Crippen LogP contribution in [-0.4, -0.2) is 93.0 Å². The van der Waals surface area contributed by atoms with E-state index in [1.807, 2.05) is 0 Å². The Balaban J connectivity index is -0.0000000457.